The Hall–Kier alpha value is -3.03. The molecule has 0 saturated heterocycles. The Morgan fingerprint density at radius 1 is 1.11 bits per heavy atom. The van der Waals surface area contributed by atoms with Crippen LogP contribution in [-0.4, -0.2) is 27.0 Å². The molecule has 0 aliphatic carbocycles. The highest BCUT2D eigenvalue weighted by Crippen LogP contribution is 2.21. The van der Waals surface area contributed by atoms with Gasteiger partial charge in [-0.05, 0) is 23.3 Å². The summed E-state index contributed by atoms with van der Waals surface area (Å²) in [7, 11) is 0. The molecule has 0 atom stereocenters. The van der Waals surface area contributed by atoms with Gasteiger partial charge in [0.15, 0.2) is 0 Å². The van der Waals surface area contributed by atoms with Crippen LogP contribution in [0.2, 0.25) is 0 Å². The number of benzene rings is 2. The minimum absolute atomic E-state index is 0.0135. The number of carbonyl (C=O) groups is 1. The summed E-state index contributed by atoms with van der Waals surface area (Å²) in [6, 6.07) is 16.0. The van der Waals surface area contributed by atoms with Gasteiger partial charge in [0.1, 0.15) is 11.6 Å². The maximum absolute atomic E-state index is 12.1. The average molecular weight is 392 g/mol. The summed E-state index contributed by atoms with van der Waals surface area (Å²) < 4.78 is 8.67. The molecule has 0 unspecified atom stereocenters. The third-order valence-corrected chi connectivity index (χ3v) is 5.31. The molecular weight excluding hydrogens is 372 g/mol. The van der Waals surface area contributed by atoms with Crippen molar-refractivity contribution in [3.8, 4) is 0 Å². The highest BCUT2D eigenvalue weighted by Gasteiger charge is 2.08. The molecular formula is C21H20N4O2S. The first-order valence-electron chi connectivity index (χ1n) is 8.99. The zero-order valence-corrected chi connectivity index (χ0v) is 16.1. The molecule has 2 heterocycles. The molecule has 0 aliphatic rings. The van der Waals surface area contributed by atoms with Crippen molar-refractivity contribution >= 4 is 27.5 Å². The summed E-state index contributed by atoms with van der Waals surface area (Å²) >= 11 is 1.59. The molecule has 0 aliphatic heterocycles. The predicted molar refractivity (Wildman–Crippen MR) is 109 cm³/mol. The average Bonchev–Trinajstić information content (AvgIpc) is 3.36. The van der Waals surface area contributed by atoms with Crippen molar-refractivity contribution in [2.45, 2.75) is 19.7 Å². The van der Waals surface area contributed by atoms with Crippen LogP contribution in [0.1, 0.15) is 16.1 Å². The second-order valence-corrected chi connectivity index (χ2v) is 7.46. The van der Waals surface area contributed by atoms with Crippen LogP contribution in [0, 0.1) is 0 Å². The van der Waals surface area contributed by atoms with E-state index in [9.17, 15) is 4.79 Å². The van der Waals surface area contributed by atoms with Crippen LogP contribution in [-0.2, 0) is 29.2 Å². The summed E-state index contributed by atoms with van der Waals surface area (Å²) in [5, 5.41) is 3.80. The van der Waals surface area contributed by atoms with E-state index in [1.165, 1.54) is 0 Å². The van der Waals surface area contributed by atoms with Gasteiger partial charge in [-0.15, -0.1) is 11.3 Å². The Bertz CT molecular complexity index is 1030. The Kier molecular flexibility index (Phi) is 5.75. The van der Waals surface area contributed by atoms with Gasteiger partial charge in [-0.2, -0.15) is 0 Å². The minimum Gasteiger partial charge on any atom is -0.364 e. The van der Waals surface area contributed by atoms with E-state index in [-0.39, 0.29) is 12.5 Å². The van der Waals surface area contributed by atoms with Crippen molar-refractivity contribution in [3.05, 3.63) is 83.4 Å². The van der Waals surface area contributed by atoms with Gasteiger partial charge in [-0.25, -0.2) is 9.97 Å². The normalized spacial score (nSPS) is 11.0. The first-order valence-corrected chi connectivity index (χ1v) is 9.81. The van der Waals surface area contributed by atoms with Crippen LogP contribution in [0.25, 0.3) is 10.2 Å². The van der Waals surface area contributed by atoms with E-state index in [0.717, 1.165) is 32.9 Å². The summed E-state index contributed by atoms with van der Waals surface area (Å²) in [6.45, 7) is 1.54. The molecule has 4 aromatic rings. The molecule has 0 spiro atoms. The Labute approximate surface area is 166 Å². The molecule has 7 heteroatoms. The first-order chi connectivity index (χ1) is 13.8. The minimum atomic E-state index is -0.140. The third-order valence-electron chi connectivity index (χ3n) is 4.30. The molecule has 4 rings (SSSR count). The van der Waals surface area contributed by atoms with Gasteiger partial charge in [-0.3, -0.25) is 4.79 Å². The van der Waals surface area contributed by atoms with Gasteiger partial charge < -0.3 is 14.6 Å². The number of para-hydroxylation sites is 1. The molecule has 2 aromatic heterocycles. The van der Waals surface area contributed by atoms with Crippen molar-refractivity contribution in [3.63, 3.8) is 0 Å². The van der Waals surface area contributed by atoms with Gasteiger partial charge in [0.25, 0.3) is 0 Å². The third kappa shape index (κ3) is 4.62. The fraction of sp³-hybridized carbons (Fsp3) is 0.190. The molecule has 28 heavy (non-hydrogen) atoms. The van der Waals surface area contributed by atoms with Crippen LogP contribution in [0.15, 0.2) is 67.3 Å². The summed E-state index contributed by atoms with van der Waals surface area (Å²) in [5.41, 5.74) is 3.19. The number of thiazole rings is 1. The molecule has 1 N–H and O–H groups in total. The van der Waals surface area contributed by atoms with Crippen LogP contribution in [0.4, 0.5) is 0 Å². The molecule has 142 valence electrons. The zero-order chi connectivity index (χ0) is 19.2. The highest BCUT2D eigenvalue weighted by atomic mass is 32.1. The van der Waals surface area contributed by atoms with Gasteiger partial charge in [0.2, 0.25) is 5.91 Å². The number of rotatable bonds is 8. The number of ether oxygens (including phenoxy) is 1. The van der Waals surface area contributed by atoms with Gasteiger partial charge in [0, 0.05) is 25.5 Å². The summed E-state index contributed by atoms with van der Waals surface area (Å²) in [6.07, 6.45) is 5.46. The number of carbonyl (C=O) groups excluding carboxylic acids is 1. The van der Waals surface area contributed by atoms with Gasteiger partial charge in [-0.1, -0.05) is 36.4 Å². The second kappa shape index (κ2) is 8.77. The van der Waals surface area contributed by atoms with Crippen molar-refractivity contribution in [1.29, 1.82) is 0 Å². The van der Waals surface area contributed by atoms with Crippen molar-refractivity contribution < 1.29 is 9.53 Å². The number of hydrogen-bond acceptors (Lipinski definition) is 5. The van der Waals surface area contributed by atoms with Gasteiger partial charge in [0.05, 0.1) is 23.2 Å². The van der Waals surface area contributed by atoms with E-state index >= 15 is 0 Å². The fourth-order valence-corrected chi connectivity index (χ4v) is 3.82. The van der Waals surface area contributed by atoms with Gasteiger partial charge >= 0.3 is 0 Å². The number of imidazole rings is 1. The largest absolute Gasteiger partial charge is 0.364 e. The maximum Gasteiger partial charge on any atom is 0.246 e. The number of nitrogens with zero attached hydrogens (tertiary/aromatic N) is 3. The molecule has 0 radical (unpaired) electrons. The number of nitrogens with one attached hydrogen (secondary N) is 1. The molecule has 0 saturated carbocycles. The SMILES string of the molecule is O=C(COCc1nc2ccccc2s1)NCc1ccccc1Cn1ccnc1. The van der Waals surface area contributed by atoms with Crippen LogP contribution in [0.5, 0.6) is 0 Å². The topological polar surface area (TPSA) is 69.0 Å². The lowest BCUT2D eigenvalue weighted by Gasteiger charge is -2.11. The zero-order valence-electron chi connectivity index (χ0n) is 15.2. The van der Waals surface area contributed by atoms with Crippen molar-refractivity contribution in [1.82, 2.24) is 19.9 Å². The van der Waals surface area contributed by atoms with E-state index in [2.05, 4.69) is 21.4 Å². The summed E-state index contributed by atoms with van der Waals surface area (Å²) in [5.74, 6) is -0.140. The van der Waals surface area contributed by atoms with Crippen LogP contribution >= 0.6 is 11.3 Å². The smallest absolute Gasteiger partial charge is 0.246 e. The van der Waals surface area contributed by atoms with E-state index < -0.39 is 0 Å². The summed E-state index contributed by atoms with van der Waals surface area (Å²) in [4.78, 5) is 20.7. The number of amides is 1. The fourth-order valence-electron chi connectivity index (χ4n) is 2.92. The van der Waals surface area contributed by atoms with Crippen LogP contribution in [0.3, 0.4) is 0 Å². The van der Waals surface area contributed by atoms with Crippen LogP contribution < -0.4 is 5.32 Å². The lowest BCUT2D eigenvalue weighted by molar-refractivity contribution is -0.126. The Morgan fingerprint density at radius 2 is 1.93 bits per heavy atom. The molecule has 6 nitrogen and oxygen atoms in total. The molecule has 0 bridgehead atoms. The number of fused-ring (bicyclic) bond motifs is 1. The highest BCUT2D eigenvalue weighted by molar-refractivity contribution is 7.18. The monoisotopic (exact) mass is 392 g/mol. The lowest BCUT2D eigenvalue weighted by atomic mass is 10.1. The van der Waals surface area contributed by atoms with E-state index in [4.69, 9.17) is 4.74 Å². The Balaban J connectivity index is 1.26. The maximum atomic E-state index is 12.1. The van der Waals surface area contributed by atoms with E-state index in [0.29, 0.717) is 13.2 Å². The standard InChI is InChI=1S/C21H20N4O2S/c26-20(13-27-14-21-24-18-7-3-4-8-19(18)28-21)23-11-16-5-1-2-6-17(16)12-25-10-9-22-15-25/h1-10,15H,11-14H2,(H,23,26). The molecule has 2 aromatic carbocycles. The van der Waals surface area contributed by atoms with Crippen molar-refractivity contribution in [2.75, 3.05) is 6.61 Å². The Morgan fingerprint density at radius 3 is 2.75 bits per heavy atom. The molecule has 0 fully saturated rings. The van der Waals surface area contributed by atoms with E-state index in [1.54, 1.807) is 23.9 Å². The van der Waals surface area contributed by atoms with Crippen molar-refractivity contribution in [2.24, 2.45) is 0 Å². The second-order valence-electron chi connectivity index (χ2n) is 6.35. The van der Waals surface area contributed by atoms with E-state index in [1.807, 2.05) is 53.2 Å². The molecule has 1 amide bonds. The number of aromatic nitrogens is 3. The first kappa shape index (κ1) is 18.3. The number of hydrogen-bond donors (Lipinski definition) is 1. The lowest BCUT2D eigenvalue weighted by Crippen LogP contribution is -2.27. The quantitative estimate of drug-likeness (QED) is 0.499. The predicted octanol–water partition coefficient (Wildman–Crippen LogP) is 3.37.